The fourth-order valence-electron chi connectivity index (χ4n) is 1.23. The number of hydrogen-bond acceptors (Lipinski definition) is 3. The zero-order valence-corrected chi connectivity index (χ0v) is 9.37. The molecule has 1 aromatic rings. The van der Waals surface area contributed by atoms with E-state index in [9.17, 15) is 4.79 Å². The first-order valence-electron chi connectivity index (χ1n) is 4.99. The Morgan fingerprint density at radius 3 is 2.69 bits per heavy atom. The van der Waals surface area contributed by atoms with Gasteiger partial charge in [-0.05, 0) is 24.3 Å². The van der Waals surface area contributed by atoms with E-state index in [4.69, 9.17) is 21.1 Å². The smallest absolute Gasteiger partial charge is 0.250 e. The summed E-state index contributed by atoms with van der Waals surface area (Å²) in [7, 11) is 0. The molecule has 86 valence electrons. The molecule has 1 N–H and O–H groups in total. The molecular formula is C11H12ClNO3. The van der Waals surface area contributed by atoms with Crippen LogP contribution in [0.1, 0.15) is 0 Å². The molecule has 1 heterocycles. The molecule has 1 fully saturated rings. The zero-order chi connectivity index (χ0) is 11.4. The van der Waals surface area contributed by atoms with Crippen molar-refractivity contribution in [1.29, 1.82) is 0 Å². The molecule has 1 aliphatic rings. The molecule has 2 rings (SSSR count). The van der Waals surface area contributed by atoms with E-state index < -0.39 is 0 Å². The summed E-state index contributed by atoms with van der Waals surface area (Å²) in [6.45, 7) is 1.21. The topological polar surface area (TPSA) is 47.6 Å². The molecule has 0 aliphatic carbocycles. The summed E-state index contributed by atoms with van der Waals surface area (Å²) in [5.74, 6) is -0.172. The van der Waals surface area contributed by atoms with Gasteiger partial charge in [-0.15, -0.1) is 0 Å². The van der Waals surface area contributed by atoms with E-state index in [0.29, 0.717) is 23.9 Å². The van der Waals surface area contributed by atoms with E-state index >= 15 is 0 Å². The third kappa shape index (κ3) is 3.20. The first-order valence-corrected chi connectivity index (χ1v) is 5.36. The monoisotopic (exact) mass is 241 g/mol. The van der Waals surface area contributed by atoms with Gasteiger partial charge in [0.2, 0.25) is 5.91 Å². The Kier molecular flexibility index (Phi) is 3.77. The normalized spacial score (nSPS) is 15.6. The summed E-state index contributed by atoms with van der Waals surface area (Å²) >= 11 is 5.73. The van der Waals surface area contributed by atoms with Gasteiger partial charge in [0.1, 0.15) is 12.7 Å². The van der Waals surface area contributed by atoms with Crippen molar-refractivity contribution in [3.63, 3.8) is 0 Å². The van der Waals surface area contributed by atoms with Crippen LogP contribution in [0.25, 0.3) is 0 Å². The fraction of sp³-hybridized carbons (Fsp3) is 0.364. The van der Waals surface area contributed by atoms with Crippen molar-refractivity contribution in [2.75, 3.05) is 25.1 Å². The molecule has 0 atom stereocenters. The largest absolute Gasteiger partial charge is 0.376 e. The quantitative estimate of drug-likeness (QED) is 0.873. The van der Waals surface area contributed by atoms with Crippen molar-refractivity contribution in [3.05, 3.63) is 29.3 Å². The first-order chi connectivity index (χ1) is 7.74. The third-order valence-corrected chi connectivity index (χ3v) is 2.44. The summed E-state index contributed by atoms with van der Waals surface area (Å²) in [4.78, 5) is 11.4. The number of carbonyl (C=O) groups is 1. The molecule has 0 aromatic heterocycles. The average Bonchev–Trinajstić information content (AvgIpc) is 2.19. The second kappa shape index (κ2) is 5.30. The van der Waals surface area contributed by atoms with Crippen LogP contribution in [0, 0.1) is 0 Å². The van der Waals surface area contributed by atoms with Gasteiger partial charge in [-0.3, -0.25) is 4.79 Å². The lowest BCUT2D eigenvalue weighted by Gasteiger charge is -2.25. The molecule has 0 bridgehead atoms. The standard InChI is InChI=1S/C11H12ClNO3/c12-8-1-3-9(4-2-8)13-11(14)7-16-10-5-15-6-10/h1-4,10H,5-7H2,(H,13,14). The van der Waals surface area contributed by atoms with Gasteiger partial charge >= 0.3 is 0 Å². The van der Waals surface area contributed by atoms with E-state index in [1.165, 1.54) is 0 Å². The highest BCUT2D eigenvalue weighted by Gasteiger charge is 2.19. The summed E-state index contributed by atoms with van der Waals surface area (Å²) in [6.07, 6.45) is 0.0657. The van der Waals surface area contributed by atoms with Crippen LogP contribution in [0.15, 0.2) is 24.3 Å². The molecule has 1 aliphatic heterocycles. The second-order valence-corrected chi connectivity index (χ2v) is 3.96. The van der Waals surface area contributed by atoms with Crippen LogP contribution in [0.4, 0.5) is 5.69 Å². The van der Waals surface area contributed by atoms with Gasteiger partial charge in [-0.25, -0.2) is 0 Å². The van der Waals surface area contributed by atoms with Crippen molar-refractivity contribution in [2.45, 2.75) is 6.10 Å². The van der Waals surface area contributed by atoms with Crippen LogP contribution >= 0.6 is 11.6 Å². The molecule has 4 nitrogen and oxygen atoms in total. The minimum Gasteiger partial charge on any atom is -0.376 e. The number of rotatable bonds is 4. The second-order valence-electron chi connectivity index (χ2n) is 3.53. The van der Waals surface area contributed by atoms with E-state index in [1.807, 2.05) is 0 Å². The van der Waals surface area contributed by atoms with Crippen LogP contribution in [0.2, 0.25) is 5.02 Å². The predicted molar refractivity (Wildman–Crippen MR) is 60.6 cm³/mol. The van der Waals surface area contributed by atoms with Crippen molar-refractivity contribution >= 4 is 23.2 Å². The number of benzene rings is 1. The van der Waals surface area contributed by atoms with Crippen molar-refractivity contribution < 1.29 is 14.3 Å². The van der Waals surface area contributed by atoms with Crippen LogP contribution in [-0.4, -0.2) is 31.8 Å². The van der Waals surface area contributed by atoms with Gasteiger partial charge in [0.15, 0.2) is 0 Å². The molecule has 0 unspecified atom stereocenters. The lowest BCUT2D eigenvalue weighted by molar-refractivity contribution is -0.144. The molecule has 1 amide bonds. The number of halogens is 1. The van der Waals surface area contributed by atoms with Gasteiger partial charge in [-0.2, -0.15) is 0 Å². The Balaban J connectivity index is 1.75. The summed E-state index contributed by atoms with van der Waals surface area (Å²) in [5.41, 5.74) is 0.711. The minimum atomic E-state index is -0.172. The first kappa shape index (κ1) is 11.4. The molecule has 1 aromatic carbocycles. The molecule has 0 radical (unpaired) electrons. The summed E-state index contributed by atoms with van der Waals surface area (Å²) in [5, 5.41) is 3.35. The maximum Gasteiger partial charge on any atom is 0.250 e. The van der Waals surface area contributed by atoms with Gasteiger partial charge in [-0.1, -0.05) is 11.6 Å². The van der Waals surface area contributed by atoms with Crippen molar-refractivity contribution in [1.82, 2.24) is 0 Å². The maximum atomic E-state index is 11.4. The summed E-state index contributed by atoms with van der Waals surface area (Å²) < 4.78 is 10.2. The van der Waals surface area contributed by atoms with Crippen LogP contribution in [0.3, 0.4) is 0 Å². The third-order valence-electron chi connectivity index (χ3n) is 2.19. The maximum absolute atomic E-state index is 11.4. The summed E-state index contributed by atoms with van der Waals surface area (Å²) in [6, 6.07) is 6.93. The highest BCUT2D eigenvalue weighted by Crippen LogP contribution is 2.13. The molecule has 5 heteroatoms. The van der Waals surface area contributed by atoms with E-state index in [-0.39, 0.29) is 18.6 Å². The van der Waals surface area contributed by atoms with Crippen LogP contribution in [0.5, 0.6) is 0 Å². The van der Waals surface area contributed by atoms with E-state index in [1.54, 1.807) is 24.3 Å². The average molecular weight is 242 g/mol. The Labute approximate surface area is 98.5 Å². The predicted octanol–water partition coefficient (Wildman–Crippen LogP) is 1.69. The number of carbonyl (C=O) groups excluding carboxylic acids is 1. The van der Waals surface area contributed by atoms with Crippen molar-refractivity contribution in [2.24, 2.45) is 0 Å². The van der Waals surface area contributed by atoms with E-state index in [0.717, 1.165) is 0 Å². The van der Waals surface area contributed by atoms with Gasteiger partial charge in [0.05, 0.1) is 13.2 Å². The van der Waals surface area contributed by atoms with Gasteiger partial charge in [0, 0.05) is 10.7 Å². The van der Waals surface area contributed by atoms with Crippen molar-refractivity contribution in [3.8, 4) is 0 Å². The van der Waals surface area contributed by atoms with E-state index in [2.05, 4.69) is 5.32 Å². The number of hydrogen-bond donors (Lipinski definition) is 1. The molecule has 16 heavy (non-hydrogen) atoms. The SMILES string of the molecule is O=C(COC1COC1)Nc1ccc(Cl)cc1. The van der Waals surface area contributed by atoms with Crippen LogP contribution < -0.4 is 5.32 Å². The lowest BCUT2D eigenvalue weighted by Crippen LogP contribution is -2.38. The molecular weight excluding hydrogens is 230 g/mol. The molecule has 1 saturated heterocycles. The fourth-order valence-corrected chi connectivity index (χ4v) is 1.36. The number of amides is 1. The highest BCUT2D eigenvalue weighted by atomic mass is 35.5. The van der Waals surface area contributed by atoms with Crippen LogP contribution in [-0.2, 0) is 14.3 Å². The van der Waals surface area contributed by atoms with Gasteiger partial charge < -0.3 is 14.8 Å². The Bertz CT molecular complexity index is 362. The Hall–Kier alpha value is -1.10. The minimum absolute atomic E-state index is 0.0522. The molecule has 0 saturated carbocycles. The lowest BCUT2D eigenvalue weighted by atomic mass is 10.3. The number of ether oxygens (including phenoxy) is 2. The number of anilines is 1. The van der Waals surface area contributed by atoms with Gasteiger partial charge in [0.25, 0.3) is 0 Å². The molecule has 0 spiro atoms. The Morgan fingerprint density at radius 2 is 2.12 bits per heavy atom. The zero-order valence-electron chi connectivity index (χ0n) is 8.61. The Morgan fingerprint density at radius 1 is 1.44 bits per heavy atom. The number of nitrogens with one attached hydrogen (secondary N) is 1. The highest BCUT2D eigenvalue weighted by molar-refractivity contribution is 6.30.